The van der Waals surface area contributed by atoms with Crippen molar-refractivity contribution in [3.63, 3.8) is 0 Å². The van der Waals surface area contributed by atoms with E-state index in [1.165, 1.54) is 35.6 Å². The molecule has 0 saturated heterocycles. The highest BCUT2D eigenvalue weighted by atomic mass is 32.1. The third-order valence-corrected chi connectivity index (χ3v) is 5.45. The van der Waals surface area contributed by atoms with Gasteiger partial charge in [0.15, 0.2) is 10.9 Å². The van der Waals surface area contributed by atoms with Crippen molar-refractivity contribution in [3.8, 4) is 11.5 Å². The molecule has 0 aliphatic carbocycles. The zero-order valence-electron chi connectivity index (χ0n) is 12.6. The van der Waals surface area contributed by atoms with Gasteiger partial charge in [0.25, 0.3) is 0 Å². The number of aromatic nitrogens is 1. The Kier molecular flexibility index (Phi) is 4.47. The van der Waals surface area contributed by atoms with Crippen LogP contribution in [0.15, 0.2) is 42.5 Å². The molecule has 0 bridgehead atoms. The number of nitrogens with one attached hydrogen (secondary N) is 1. The van der Waals surface area contributed by atoms with Crippen molar-refractivity contribution in [1.82, 2.24) is 4.98 Å². The van der Waals surface area contributed by atoms with Gasteiger partial charge in [-0.25, -0.2) is 4.98 Å². The monoisotopic (exact) mass is 366 g/mol. The SMILES string of the molecule is COc1ccc2nc(NC(c3ccc(O)cc3)P(=O)(O)O)sc2c1. The number of methoxy groups -OCH3 is 1. The second-order valence-electron chi connectivity index (χ2n) is 5.08. The summed E-state index contributed by atoms with van der Waals surface area (Å²) in [7, 11) is -2.92. The molecule has 7 nitrogen and oxygen atoms in total. The first-order chi connectivity index (χ1) is 11.4. The van der Waals surface area contributed by atoms with E-state index >= 15 is 0 Å². The second-order valence-corrected chi connectivity index (χ2v) is 7.81. The molecule has 1 unspecified atom stereocenters. The molecule has 126 valence electrons. The Labute approximate surface area is 141 Å². The molecule has 4 N–H and O–H groups in total. The van der Waals surface area contributed by atoms with E-state index in [0.717, 1.165) is 4.70 Å². The Morgan fingerprint density at radius 1 is 1.21 bits per heavy atom. The molecule has 0 amide bonds. The van der Waals surface area contributed by atoms with Crippen molar-refractivity contribution < 1.29 is 24.2 Å². The van der Waals surface area contributed by atoms with Gasteiger partial charge in [-0.2, -0.15) is 0 Å². The van der Waals surface area contributed by atoms with Crippen LogP contribution in [0.3, 0.4) is 0 Å². The summed E-state index contributed by atoms with van der Waals surface area (Å²) in [6, 6.07) is 11.0. The number of hydrogen-bond acceptors (Lipinski definition) is 6. The predicted octanol–water partition coefficient (Wildman–Crippen LogP) is 3.30. The topological polar surface area (TPSA) is 112 Å². The van der Waals surface area contributed by atoms with E-state index in [0.29, 0.717) is 22.0 Å². The van der Waals surface area contributed by atoms with Gasteiger partial charge in [-0.15, -0.1) is 0 Å². The van der Waals surface area contributed by atoms with Crippen molar-refractivity contribution in [1.29, 1.82) is 0 Å². The van der Waals surface area contributed by atoms with Crippen LogP contribution in [0.5, 0.6) is 11.5 Å². The maximum absolute atomic E-state index is 11.9. The Hall–Kier alpha value is -2.12. The lowest BCUT2D eigenvalue weighted by Crippen LogP contribution is -2.11. The van der Waals surface area contributed by atoms with Crippen LogP contribution in [-0.2, 0) is 4.57 Å². The number of aromatic hydroxyl groups is 1. The van der Waals surface area contributed by atoms with E-state index < -0.39 is 13.4 Å². The third-order valence-electron chi connectivity index (χ3n) is 3.40. The maximum Gasteiger partial charge on any atom is 0.352 e. The number of phenolic OH excluding ortho intramolecular Hbond substituents is 1. The number of anilines is 1. The van der Waals surface area contributed by atoms with Gasteiger partial charge in [0.1, 0.15) is 11.5 Å². The number of benzene rings is 2. The summed E-state index contributed by atoms with van der Waals surface area (Å²) >= 11 is 1.27. The fraction of sp³-hybridized carbons (Fsp3) is 0.133. The molecule has 9 heteroatoms. The molecule has 0 aliphatic rings. The normalized spacial score (nSPS) is 13.0. The van der Waals surface area contributed by atoms with Crippen LogP contribution in [0.1, 0.15) is 11.3 Å². The van der Waals surface area contributed by atoms with Gasteiger partial charge < -0.3 is 24.9 Å². The van der Waals surface area contributed by atoms with Crippen LogP contribution in [-0.4, -0.2) is 27.0 Å². The van der Waals surface area contributed by atoms with Crippen LogP contribution in [0.25, 0.3) is 10.2 Å². The molecule has 3 rings (SSSR count). The minimum absolute atomic E-state index is 0.0234. The number of thiazole rings is 1. The largest absolute Gasteiger partial charge is 0.508 e. The van der Waals surface area contributed by atoms with Gasteiger partial charge >= 0.3 is 7.60 Å². The lowest BCUT2D eigenvalue weighted by atomic mass is 10.2. The molecule has 0 aliphatic heterocycles. The van der Waals surface area contributed by atoms with Gasteiger partial charge in [-0.1, -0.05) is 23.5 Å². The van der Waals surface area contributed by atoms with Crippen LogP contribution in [0.4, 0.5) is 5.13 Å². The molecule has 1 heterocycles. The molecule has 0 spiro atoms. The number of hydrogen-bond donors (Lipinski definition) is 4. The highest BCUT2D eigenvalue weighted by Crippen LogP contribution is 2.52. The molecular formula is C15H15N2O5PS. The van der Waals surface area contributed by atoms with E-state index in [1.54, 1.807) is 19.2 Å². The number of phenols is 1. The smallest absolute Gasteiger partial charge is 0.352 e. The van der Waals surface area contributed by atoms with E-state index in [9.17, 15) is 19.5 Å². The van der Waals surface area contributed by atoms with Crippen LogP contribution in [0, 0.1) is 0 Å². The van der Waals surface area contributed by atoms with Crippen LogP contribution >= 0.6 is 18.9 Å². The number of ether oxygens (including phenoxy) is 1. The number of fused-ring (bicyclic) bond motifs is 1. The number of rotatable bonds is 5. The van der Waals surface area contributed by atoms with Crippen LogP contribution in [0.2, 0.25) is 0 Å². The first-order valence-electron chi connectivity index (χ1n) is 6.92. The van der Waals surface area contributed by atoms with Gasteiger partial charge in [0.05, 0.1) is 17.3 Å². The molecule has 1 aromatic heterocycles. The number of nitrogens with zero attached hydrogens (tertiary/aromatic N) is 1. The first kappa shape index (κ1) is 16.7. The quantitative estimate of drug-likeness (QED) is 0.513. The summed E-state index contributed by atoms with van der Waals surface area (Å²) in [5.41, 5.74) is 1.07. The zero-order valence-corrected chi connectivity index (χ0v) is 14.3. The van der Waals surface area contributed by atoms with Gasteiger partial charge in [0.2, 0.25) is 0 Å². The van der Waals surface area contributed by atoms with E-state index in [2.05, 4.69) is 10.3 Å². The maximum atomic E-state index is 11.9. The van der Waals surface area contributed by atoms with Crippen molar-refractivity contribution in [2.75, 3.05) is 12.4 Å². The van der Waals surface area contributed by atoms with Gasteiger partial charge in [0, 0.05) is 0 Å². The molecule has 0 fully saturated rings. The fourth-order valence-electron chi connectivity index (χ4n) is 2.23. The van der Waals surface area contributed by atoms with Crippen molar-refractivity contribution in [2.24, 2.45) is 0 Å². The van der Waals surface area contributed by atoms with Crippen molar-refractivity contribution in [3.05, 3.63) is 48.0 Å². The summed E-state index contributed by atoms with van der Waals surface area (Å²) < 4.78 is 17.9. The first-order valence-corrected chi connectivity index (χ1v) is 9.42. The molecular weight excluding hydrogens is 351 g/mol. The predicted molar refractivity (Wildman–Crippen MR) is 92.7 cm³/mol. The third kappa shape index (κ3) is 3.52. The van der Waals surface area contributed by atoms with E-state index in [4.69, 9.17) is 4.74 Å². The zero-order chi connectivity index (χ0) is 17.3. The Morgan fingerprint density at radius 2 is 1.92 bits per heavy atom. The van der Waals surface area contributed by atoms with Crippen molar-refractivity contribution >= 4 is 34.3 Å². The minimum atomic E-state index is -4.49. The van der Waals surface area contributed by atoms with Crippen molar-refractivity contribution in [2.45, 2.75) is 5.78 Å². The van der Waals surface area contributed by atoms with E-state index in [-0.39, 0.29) is 5.75 Å². The second kappa shape index (κ2) is 6.41. The highest BCUT2D eigenvalue weighted by molar-refractivity contribution is 7.52. The molecule has 2 aromatic carbocycles. The van der Waals surface area contributed by atoms with Gasteiger partial charge in [-0.05, 0) is 35.9 Å². The fourth-order valence-corrected chi connectivity index (χ4v) is 4.09. The van der Waals surface area contributed by atoms with Gasteiger partial charge in [-0.3, -0.25) is 4.57 Å². The minimum Gasteiger partial charge on any atom is -0.508 e. The molecule has 3 aromatic rings. The molecule has 1 atom stereocenters. The molecule has 0 saturated carbocycles. The summed E-state index contributed by atoms with van der Waals surface area (Å²) in [4.78, 5) is 23.7. The van der Waals surface area contributed by atoms with Crippen LogP contribution < -0.4 is 10.1 Å². The summed E-state index contributed by atoms with van der Waals surface area (Å²) in [6.45, 7) is 0. The Balaban J connectivity index is 1.95. The highest BCUT2D eigenvalue weighted by Gasteiger charge is 2.31. The Bertz CT molecular complexity index is 906. The lowest BCUT2D eigenvalue weighted by molar-refractivity contribution is 0.363. The summed E-state index contributed by atoms with van der Waals surface area (Å²) in [5, 5.41) is 12.5. The van der Waals surface area contributed by atoms with E-state index in [1.807, 2.05) is 6.07 Å². The Morgan fingerprint density at radius 3 is 2.54 bits per heavy atom. The molecule has 0 radical (unpaired) electrons. The lowest BCUT2D eigenvalue weighted by Gasteiger charge is -2.19. The molecule has 24 heavy (non-hydrogen) atoms. The average Bonchev–Trinajstić information content (AvgIpc) is 2.94. The summed E-state index contributed by atoms with van der Waals surface area (Å²) in [5.74, 6) is -0.543. The summed E-state index contributed by atoms with van der Waals surface area (Å²) in [6.07, 6.45) is 0. The average molecular weight is 366 g/mol. The standard InChI is InChI=1S/C15H15N2O5PS/c1-22-11-6-7-12-13(8-11)24-15(16-12)17-14(23(19,20)21)9-2-4-10(18)5-3-9/h2-8,14,18H,1H3,(H,16,17)(H2,19,20,21).